The van der Waals surface area contributed by atoms with E-state index in [4.69, 9.17) is 14.6 Å². The predicted molar refractivity (Wildman–Crippen MR) is 66.9 cm³/mol. The van der Waals surface area contributed by atoms with Gasteiger partial charge < -0.3 is 25.0 Å². The first-order valence-corrected chi connectivity index (χ1v) is 6.13. The minimum absolute atomic E-state index is 0.393. The van der Waals surface area contributed by atoms with Crippen LogP contribution in [0.1, 0.15) is 18.6 Å². The van der Waals surface area contributed by atoms with E-state index in [1.54, 1.807) is 13.0 Å². The fourth-order valence-corrected chi connectivity index (χ4v) is 1.81. The third kappa shape index (κ3) is 3.35. The van der Waals surface area contributed by atoms with Crippen LogP contribution < -0.4 is 14.8 Å². The summed E-state index contributed by atoms with van der Waals surface area (Å²) in [5, 5.41) is 22.1. The summed E-state index contributed by atoms with van der Waals surface area (Å²) in [4.78, 5) is 0. The minimum Gasteiger partial charge on any atom is -0.486 e. The number of fused-ring (bicyclic) bond motifs is 1. The molecule has 1 aliphatic rings. The molecule has 0 radical (unpaired) electrons. The molecule has 1 aromatic rings. The molecule has 18 heavy (non-hydrogen) atoms. The summed E-state index contributed by atoms with van der Waals surface area (Å²) in [5.41, 5.74) is 0.775. The second-order valence-corrected chi connectivity index (χ2v) is 4.43. The van der Waals surface area contributed by atoms with E-state index in [-0.39, 0.29) is 0 Å². The van der Waals surface area contributed by atoms with Crippen LogP contribution in [0.15, 0.2) is 18.2 Å². The maximum absolute atomic E-state index is 9.99. The molecule has 100 valence electrons. The molecule has 2 unspecified atom stereocenters. The molecule has 3 N–H and O–H groups in total. The maximum Gasteiger partial charge on any atom is 0.161 e. The van der Waals surface area contributed by atoms with E-state index >= 15 is 0 Å². The number of aliphatic hydroxyl groups is 2. The summed E-state index contributed by atoms with van der Waals surface area (Å²) in [7, 11) is 0. The van der Waals surface area contributed by atoms with Crippen LogP contribution in [0.5, 0.6) is 11.5 Å². The molecule has 5 heteroatoms. The molecule has 0 amide bonds. The van der Waals surface area contributed by atoms with Crippen LogP contribution in [0.4, 0.5) is 0 Å². The topological polar surface area (TPSA) is 71.0 Å². The second kappa shape index (κ2) is 6.04. The molecule has 1 aliphatic heterocycles. The van der Waals surface area contributed by atoms with Gasteiger partial charge in [0.15, 0.2) is 11.5 Å². The van der Waals surface area contributed by atoms with Crippen molar-refractivity contribution >= 4 is 0 Å². The smallest absolute Gasteiger partial charge is 0.161 e. The molecule has 2 atom stereocenters. The SMILES string of the molecule is CC(O)CNCC(O)c1ccc2c(c1)OCCO2. The Hall–Kier alpha value is -1.30. The van der Waals surface area contributed by atoms with Crippen molar-refractivity contribution in [2.75, 3.05) is 26.3 Å². The van der Waals surface area contributed by atoms with Gasteiger partial charge >= 0.3 is 0 Å². The number of hydrogen-bond donors (Lipinski definition) is 3. The molecule has 0 bridgehead atoms. The number of ether oxygens (including phenoxy) is 2. The van der Waals surface area contributed by atoms with E-state index < -0.39 is 12.2 Å². The first-order chi connectivity index (χ1) is 8.66. The second-order valence-electron chi connectivity index (χ2n) is 4.43. The van der Waals surface area contributed by atoms with Gasteiger partial charge in [-0.25, -0.2) is 0 Å². The summed E-state index contributed by atoms with van der Waals surface area (Å²) in [5.74, 6) is 1.39. The van der Waals surface area contributed by atoms with Crippen LogP contribution >= 0.6 is 0 Å². The third-order valence-electron chi connectivity index (χ3n) is 2.73. The lowest BCUT2D eigenvalue weighted by Gasteiger charge is -2.20. The molecule has 5 nitrogen and oxygen atoms in total. The fourth-order valence-electron chi connectivity index (χ4n) is 1.81. The van der Waals surface area contributed by atoms with Gasteiger partial charge in [-0.3, -0.25) is 0 Å². The molecule has 0 aliphatic carbocycles. The largest absolute Gasteiger partial charge is 0.486 e. The normalized spacial score (nSPS) is 17.3. The molecule has 0 aromatic heterocycles. The summed E-state index contributed by atoms with van der Waals surface area (Å²) >= 11 is 0. The third-order valence-corrected chi connectivity index (χ3v) is 2.73. The average Bonchev–Trinajstić information content (AvgIpc) is 2.37. The Balaban J connectivity index is 1.95. The van der Waals surface area contributed by atoms with E-state index in [0.29, 0.717) is 37.8 Å². The number of nitrogens with one attached hydrogen (secondary N) is 1. The monoisotopic (exact) mass is 253 g/mol. The van der Waals surface area contributed by atoms with Gasteiger partial charge in [-0.05, 0) is 24.6 Å². The van der Waals surface area contributed by atoms with Gasteiger partial charge in [-0.2, -0.15) is 0 Å². The number of benzene rings is 1. The molecule has 0 spiro atoms. The average molecular weight is 253 g/mol. The van der Waals surface area contributed by atoms with Gasteiger partial charge in [0.1, 0.15) is 13.2 Å². The van der Waals surface area contributed by atoms with Crippen LogP contribution in [-0.2, 0) is 0 Å². The molecule has 1 aromatic carbocycles. The van der Waals surface area contributed by atoms with Crippen LogP contribution in [0, 0.1) is 0 Å². The van der Waals surface area contributed by atoms with Gasteiger partial charge in [0.05, 0.1) is 12.2 Å². The Bertz CT molecular complexity index is 395. The fraction of sp³-hybridized carbons (Fsp3) is 0.538. The minimum atomic E-state index is -0.625. The molecular weight excluding hydrogens is 234 g/mol. The van der Waals surface area contributed by atoms with Crippen molar-refractivity contribution < 1.29 is 19.7 Å². The van der Waals surface area contributed by atoms with Gasteiger partial charge in [0, 0.05) is 13.1 Å². The number of hydrogen-bond acceptors (Lipinski definition) is 5. The Labute approximate surface area is 106 Å². The lowest BCUT2D eigenvalue weighted by molar-refractivity contribution is 0.151. The molecule has 0 saturated heterocycles. The van der Waals surface area contributed by atoms with Crippen LogP contribution in [0.25, 0.3) is 0 Å². The van der Waals surface area contributed by atoms with Gasteiger partial charge in [-0.15, -0.1) is 0 Å². The van der Waals surface area contributed by atoms with Crippen LogP contribution in [-0.4, -0.2) is 42.6 Å². The summed E-state index contributed by atoms with van der Waals surface area (Å²) < 4.78 is 10.9. The first-order valence-electron chi connectivity index (χ1n) is 6.13. The van der Waals surface area contributed by atoms with E-state index in [9.17, 15) is 5.11 Å². The van der Waals surface area contributed by atoms with Crippen molar-refractivity contribution in [3.8, 4) is 11.5 Å². The quantitative estimate of drug-likeness (QED) is 0.711. The van der Waals surface area contributed by atoms with E-state index in [1.807, 2.05) is 12.1 Å². The molecular formula is C13H19NO4. The number of aliphatic hydroxyl groups excluding tert-OH is 2. The molecule has 0 fully saturated rings. The summed E-state index contributed by atoms with van der Waals surface area (Å²) in [6, 6.07) is 5.42. The van der Waals surface area contributed by atoms with E-state index in [0.717, 1.165) is 5.56 Å². The lowest BCUT2D eigenvalue weighted by atomic mass is 10.1. The van der Waals surface area contributed by atoms with Crippen molar-refractivity contribution in [1.29, 1.82) is 0 Å². The highest BCUT2D eigenvalue weighted by Gasteiger charge is 2.15. The summed E-state index contributed by atoms with van der Waals surface area (Å²) in [6.07, 6.45) is -1.04. The zero-order chi connectivity index (χ0) is 13.0. The highest BCUT2D eigenvalue weighted by atomic mass is 16.6. The van der Waals surface area contributed by atoms with Crippen molar-refractivity contribution in [2.45, 2.75) is 19.1 Å². The van der Waals surface area contributed by atoms with E-state index in [1.165, 1.54) is 0 Å². The van der Waals surface area contributed by atoms with Crippen LogP contribution in [0.2, 0.25) is 0 Å². The standard InChI is InChI=1S/C13H19NO4/c1-9(15)7-14-8-11(16)10-2-3-12-13(6-10)18-5-4-17-12/h2-3,6,9,11,14-16H,4-5,7-8H2,1H3. The highest BCUT2D eigenvalue weighted by molar-refractivity contribution is 5.44. The number of rotatable bonds is 5. The van der Waals surface area contributed by atoms with Crippen molar-refractivity contribution in [3.05, 3.63) is 23.8 Å². The van der Waals surface area contributed by atoms with Gasteiger partial charge in [-0.1, -0.05) is 6.07 Å². The summed E-state index contributed by atoms with van der Waals surface area (Å²) in [6.45, 7) is 3.65. The van der Waals surface area contributed by atoms with Crippen LogP contribution in [0.3, 0.4) is 0 Å². The Kier molecular flexibility index (Phi) is 4.41. The van der Waals surface area contributed by atoms with Crippen molar-refractivity contribution in [3.63, 3.8) is 0 Å². The molecule has 0 saturated carbocycles. The Morgan fingerprint density at radius 3 is 2.61 bits per heavy atom. The molecule has 2 rings (SSSR count). The predicted octanol–water partition coefficient (Wildman–Crippen LogP) is 0.462. The zero-order valence-corrected chi connectivity index (χ0v) is 10.4. The van der Waals surface area contributed by atoms with E-state index in [2.05, 4.69) is 5.32 Å². The molecule has 1 heterocycles. The Morgan fingerprint density at radius 2 is 1.89 bits per heavy atom. The maximum atomic E-state index is 9.99. The van der Waals surface area contributed by atoms with Crippen molar-refractivity contribution in [1.82, 2.24) is 5.32 Å². The first kappa shape index (κ1) is 13.1. The van der Waals surface area contributed by atoms with Gasteiger partial charge in [0.2, 0.25) is 0 Å². The van der Waals surface area contributed by atoms with Crippen molar-refractivity contribution in [2.24, 2.45) is 0 Å². The van der Waals surface area contributed by atoms with Gasteiger partial charge in [0.25, 0.3) is 0 Å². The highest BCUT2D eigenvalue weighted by Crippen LogP contribution is 2.32. The lowest BCUT2D eigenvalue weighted by Crippen LogP contribution is -2.28. The Morgan fingerprint density at radius 1 is 1.17 bits per heavy atom. The zero-order valence-electron chi connectivity index (χ0n) is 10.4.